The number of rotatable bonds is 4. The fourth-order valence-corrected chi connectivity index (χ4v) is 2.30. The number of carboxylic acids is 1. The van der Waals surface area contributed by atoms with Gasteiger partial charge >= 0.3 is 12.0 Å². The van der Waals surface area contributed by atoms with Gasteiger partial charge < -0.3 is 20.5 Å². The second kappa shape index (κ2) is 4.42. The summed E-state index contributed by atoms with van der Waals surface area (Å²) in [6.45, 7) is 4.55. The van der Waals surface area contributed by atoms with Crippen molar-refractivity contribution in [2.45, 2.75) is 44.2 Å². The van der Waals surface area contributed by atoms with Gasteiger partial charge in [-0.05, 0) is 39.0 Å². The fraction of sp³-hybridized carbons (Fsp3) is 0.833. The van der Waals surface area contributed by atoms with E-state index in [2.05, 4.69) is 10.6 Å². The third-order valence-electron chi connectivity index (χ3n) is 3.85. The van der Waals surface area contributed by atoms with E-state index in [1.807, 2.05) is 6.92 Å². The van der Waals surface area contributed by atoms with Crippen LogP contribution in [0, 0.1) is 5.92 Å². The lowest BCUT2D eigenvalue weighted by atomic mass is 9.96. The predicted molar refractivity (Wildman–Crippen MR) is 64.3 cm³/mol. The number of carbonyl (C=O) groups excluding carboxylic acids is 1. The zero-order valence-corrected chi connectivity index (χ0v) is 10.8. The monoisotopic (exact) mass is 256 g/mol. The van der Waals surface area contributed by atoms with Gasteiger partial charge in [0, 0.05) is 6.61 Å². The molecule has 3 N–H and O–H groups in total. The van der Waals surface area contributed by atoms with Crippen LogP contribution in [0.25, 0.3) is 0 Å². The third kappa shape index (κ3) is 2.58. The first-order chi connectivity index (χ1) is 8.36. The summed E-state index contributed by atoms with van der Waals surface area (Å²) >= 11 is 0. The quantitative estimate of drug-likeness (QED) is 0.691. The van der Waals surface area contributed by atoms with Crippen LogP contribution in [0.4, 0.5) is 4.79 Å². The van der Waals surface area contributed by atoms with E-state index >= 15 is 0 Å². The molecule has 2 fully saturated rings. The molecule has 2 rings (SSSR count). The Morgan fingerprint density at radius 1 is 1.44 bits per heavy atom. The molecular formula is C12H20N2O4. The van der Waals surface area contributed by atoms with Gasteiger partial charge in [-0.15, -0.1) is 0 Å². The van der Waals surface area contributed by atoms with Gasteiger partial charge in [-0.2, -0.15) is 0 Å². The summed E-state index contributed by atoms with van der Waals surface area (Å²) in [6, 6.07) is -0.431. The smallest absolute Gasteiger partial charge is 0.329 e. The van der Waals surface area contributed by atoms with E-state index in [0.717, 1.165) is 19.3 Å². The van der Waals surface area contributed by atoms with Crippen molar-refractivity contribution in [1.82, 2.24) is 10.6 Å². The molecule has 102 valence electrons. The molecule has 6 nitrogen and oxygen atoms in total. The van der Waals surface area contributed by atoms with Crippen LogP contribution in [0.2, 0.25) is 0 Å². The second-order valence-corrected chi connectivity index (χ2v) is 5.72. The topological polar surface area (TPSA) is 87.7 Å². The number of hydrogen-bond acceptors (Lipinski definition) is 3. The molecule has 0 bridgehead atoms. The third-order valence-corrected chi connectivity index (χ3v) is 3.85. The lowest BCUT2D eigenvalue weighted by Crippen LogP contribution is -2.60. The van der Waals surface area contributed by atoms with Crippen LogP contribution in [0.1, 0.15) is 33.1 Å². The number of carbonyl (C=O) groups is 2. The maximum atomic E-state index is 11.9. The predicted octanol–water partition coefficient (Wildman–Crippen LogP) is 0.718. The number of aliphatic carboxylic acids is 1. The molecule has 0 aromatic rings. The SMILES string of the molecule is CC1(NC(=O)NC(C)(C(=O)O)C2CC2)CCOC1. The van der Waals surface area contributed by atoms with Gasteiger partial charge in [-0.1, -0.05) is 0 Å². The first-order valence-electron chi connectivity index (χ1n) is 6.27. The highest BCUT2D eigenvalue weighted by Gasteiger charge is 2.49. The Morgan fingerprint density at radius 3 is 2.56 bits per heavy atom. The molecule has 1 aliphatic heterocycles. The number of carboxylic acid groups (broad SMARTS) is 1. The summed E-state index contributed by atoms with van der Waals surface area (Å²) in [5.74, 6) is -0.943. The van der Waals surface area contributed by atoms with Crippen LogP contribution < -0.4 is 10.6 Å². The molecule has 0 radical (unpaired) electrons. The number of nitrogens with one attached hydrogen (secondary N) is 2. The van der Waals surface area contributed by atoms with Crippen LogP contribution in [0.5, 0.6) is 0 Å². The molecule has 0 aromatic heterocycles. The lowest BCUT2D eigenvalue weighted by molar-refractivity contribution is -0.144. The minimum absolute atomic E-state index is 0.0355. The summed E-state index contributed by atoms with van der Waals surface area (Å²) in [5.41, 5.74) is -1.56. The first-order valence-corrected chi connectivity index (χ1v) is 6.27. The summed E-state index contributed by atoms with van der Waals surface area (Å²) in [5, 5.41) is 14.7. The Labute approximate surface area is 106 Å². The van der Waals surface area contributed by atoms with E-state index in [4.69, 9.17) is 4.74 Å². The van der Waals surface area contributed by atoms with Crippen LogP contribution >= 0.6 is 0 Å². The number of amides is 2. The van der Waals surface area contributed by atoms with E-state index < -0.39 is 23.1 Å². The first kappa shape index (κ1) is 13.1. The highest BCUT2D eigenvalue weighted by molar-refractivity contribution is 5.86. The Kier molecular flexibility index (Phi) is 3.23. The van der Waals surface area contributed by atoms with Gasteiger partial charge in [-0.3, -0.25) is 0 Å². The molecule has 2 atom stereocenters. The van der Waals surface area contributed by atoms with Crippen molar-refractivity contribution in [2.24, 2.45) is 5.92 Å². The minimum atomic E-state index is -1.17. The zero-order chi connectivity index (χ0) is 13.4. The van der Waals surface area contributed by atoms with Crippen molar-refractivity contribution in [1.29, 1.82) is 0 Å². The molecule has 1 saturated heterocycles. The Hall–Kier alpha value is -1.30. The van der Waals surface area contributed by atoms with E-state index in [1.54, 1.807) is 6.92 Å². The normalized spacial score (nSPS) is 30.6. The van der Waals surface area contributed by atoms with Crippen LogP contribution in [-0.4, -0.2) is 41.4 Å². The highest BCUT2D eigenvalue weighted by atomic mass is 16.5. The van der Waals surface area contributed by atoms with E-state index in [-0.39, 0.29) is 5.92 Å². The van der Waals surface area contributed by atoms with Gasteiger partial charge in [0.1, 0.15) is 5.54 Å². The lowest BCUT2D eigenvalue weighted by Gasteiger charge is -2.30. The summed E-state index contributed by atoms with van der Waals surface area (Å²) in [4.78, 5) is 23.2. The van der Waals surface area contributed by atoms with Gasteiger partial charge in [0.05, 0.1) is 12.1 Å². The van der Waals surface area contributed by atoms with Crippen LogP contribution in [0.15, 0.2) is 0 Å². The molecule has 0 aromatic carbocycles. The molecule has 6 heteroatoms. The molecular weight excluding hydrogens is 236 g/mol. The molecule has 1 saturated carbocycles. The van der Waals surface area contributed by atoms with Gasteiger partial charge in [0.2, 0.25) is 0 Å². The van der Waals surface area contributed by atoms with Crippen molar-refractivity contribution >= 4 is 12.0 Å². The summed E-state index contributed by atoms with van der Waals surface area (Å²) in [6.07, 6.45) is 2.44. The fourth-order valence-electron chi connectivity index (χ4n) is 2.30. The minimum Gasteiger partial charge on any atom is -0.480 e. The average molecular weight is 256 g/mol. The summed E-state index contributed by atoms with van der Waals surface area (Å²) < 4.78 is 5.24. The largest absolute Gasteiger partial charge is 0.480 e. The van der Waals surface area contributed by atoms with Crippen molar-refractivity contribution < 1.29 is 19.4 Å². The van der Waals surface area contributed by atoms with Crippen molar-refractivity contribution in [2.75, 3.05) is 13.2 Å². The molecule has 1 aliphatic carbocycles. The van der Waals surface area contributed by atoms with E-state index in [0.29, 0.717) is 13.2 Å². The van der Waals surface area contributed by atoms with Crippen molar-refractivity contribution in [3.63, 3.8) is 0 Å². The Bertz CT molecular complexity index is 361. The van der Waals surface area contributed by atoms with Gasteiger partial charge in [-0.25, -0.2) is 9.59 Å². The highest BCUT2D eigenvalue weighted by Crippen LogP contribution is 2.39. The Balaban J connectivity index is 1.95. The summed E-state index contributed by atoms with van der Waals surface area (Å²) in [7, 11) is 0. The second-order valence-electron chi connectivity index (χ2n) is 5.72. The van der Waals surface area contributed by atoms with Crippen LogP contribution in [0.3, 0.4) is 0 Å². The maximum absolute atomic E-state index is 11.9. The molecule has 2 aliphatic rings. The maximum Gasteiger partial charge on any atom is 0.329 e. The van der Waals surface area contributed by atoms with E-state index in [9.17, 15) is 14.7 Å². The number of urea groups is 1. The van der Waals surface area contributed by atoms with Gasteiger partial charge in [0.25, 0.3) is 0 Å². The molecule has 1 heterocycles. The molecule has 2 unspecified atom stereocenters. The number of hydrogen-bond donors (Lipinski definition) is 3. The number of ether oxygens (including phenoxy) is 1. The molecule has 2 amide bonds. The van der Waals surface area contributed by atoms with Crippen molar-refractivity contribution in [3.05, 3.63) is 0 Å². The zero-order valence-electron chi connectivity index (χ0n) is 10.8. The van der Waals surface area contributed by atoms with E-state index in [1.165, 1.54) is 0 Å². The van der Waals surface area contributed by atoms with Gasteiger partial charge in [0.15, 0.2) is 0 Å². The Morgan fingerprint density at radius 2 is 2.11 bits per heavy atom. The standard InChI is InChI=1S/C12H20N2O4/c1-11(5-6-18-7-11)13-10(17)14-12(2,9(15)16)8-3-4-8/h8H,3-7H2,1-2H3,(H,15,16)(H2,13,14,17). The average Bonchev–Trinajstić information content (AvgIpc) is 3.02. The van der Waals surface area contributed by atoms with Crippen molar-refractivity contribution in [3.8, 4) is 0 Å². The molecule has 18 heavy (non-hydrogen) atoms. The van der Waals surface area contributed by atoms with Crippen LogP contribution in [-0.2, 0) is 9.53 Å². The molecule has 0 spiro atoms.